The molecular formula is C23H25F3INO5. The van der Waals surface area contributed by atoms with Gasteiger partial charge in [-0.25, -0.2) is 0 Å². The predicted molar refractivity (Wildman–Crippen MR) is 125 cm³/mol. The van der Waals surface area contributed by atoms with Gasteiger partial charge in [0.25, 0.3) is 0 Å². The van der Waals surface area contributed by atoms with E-state index in [-0.39, 0.29) is 31.8 Å². The lowest BCUT2D eigenvalue weighted by molar-refractivity contribution is -0.575. The standard InChI is InChI=1S/C23H25F3INO5/c1-22(28(30)31,12-11-20(29)32-2)16-6-9-18-14(13-16)3-10-19(21(18)27)33-17-7-4-15(5-8-17)23(24,25)26/h3,6,9-10,13,15,17H,4-5,7-8,11-12H2,1-2H3. The molecule has 10 heteroatoms. The molecule has 0 aliphatic heterocycles. The molecule has 3 rings (SSSR count). The van der Waals surface area contributed by atoms with Crippen LogP contribution in [-0.4, -0.2) is 30.3 Å². The van der Waals surface area contributed by atoms with E-state index in [1.807, 2.05) is 0 Å². The first-order valence-electron chi connectivity index (χ1n) is 10.6. The summed E-state index contributed by atoms with van der Waals surface area (Å²) < 4.78 is 50.1. The van der Waals surface area contributed by atoms with Gasteiger partial charge in [-0.1, -0.05) is 18.2 Å². The van der Waals surface area contributed by atoms with Gasteiger partial charge in [-0.15, -0.1) is 0 Å². The van der Waals surface area contributed by atoms with E-state index in [1.54, 1.807) is 30.3 Å². The molecule has 0 heterocycles. The Hall–Kier alpha value is -2.11. The third kappa shape index (κ3) is 5.70. The summed E-state index contributed by atoms with van der Waals surface area (Å²) in [6.45, 7) is 1.48. The van der Waals surface area contributed by atoms with Crippen molar-refractivity contribution in [2.75, 3.05) is 7.11 Å². The Balaban J connectivity index is 1.80. The zero-order chi connectivity index (χ0) is 24.4. The lowest BCUT2D eigenvalue weighted by Crippen LogP contribution is -2.32. The highest BCUT2D eigenvalue weighted by Crippen LogP contribution is 2.40. The van der Waals surface area contributed by atoms with Crippen LogP contribution in [0.3, 0.4) is 0 Å². The zero-order valence-corrected chi connectivity index (χ0v) is 20.4. The number of carbonyl (C=O) groups is 1. The van der Waals surface area contributed by atoms with Crippen LogP contribution < -0.4 is 4.74 Å². The smallest absolute Gasteiger partial charge is 0.391 e. The molecule has 1 saturated carbocycles. The molecule has 1 unspecified atom stereocenters. The van der Waals surface area contributed by atoms with Crippen LogP contribution in [0, 0.1) is 19.6 Å². The maximum atomic E-state index is 12.9. The maximum absolute atomic E-state index is 12.9. The minimum Gasteiger partial charge on any atom is -0.489 e. The molecule has 180 valence electrons. The zero-order valence-electron chi connectivity index (χ0n) is 18.3. The number of hydrogen-bond acceptors (Lipinski definition) is 5. The second-order valence-electron chi connectivity index (χ2n) is 8.55. The van der Waals surface area contributed by atoms with Crippen LogP contribution in [0.5, 0.6) is 5.75 Å². The second-order valence-corrected chi connectivity index (χ2v) is 9.63. The highest BCUT2D eigenvalue weighted by Gasteiger charge is 2.42. The van der Waals surface area contributed by atoms with Crippen molar-refractivity contribution >= 4 is 39.3 Å². The summed E-state index contributed by atoms with van der Waals surface area (Å²) in [6.07, 6.45) is -3.69. The average molecular weight is 579 g/mol. The number of nitrogens with zero attached hydrogens (tertiary/aromatic N) is 1. The molecule has 0 bridgehead atoms. The Kier molecular flexibility index (Phi) is 7.75. The molecule has 0 aromatic heterocycles. The van der Waals surface area contributed by atoms with Gasteiger partial charge in [-0.05, 0) is 71.2 Å². The lowest BCUT2D eigenvalue weighted by Gasteiger charge is -2.30. The second kappa shape index (κ2) is 10.0. The number of alkyl halides is 3. The summed E-state index contributed by atoms with van der Waals surface area (Å²) in [7, 11) is 1.24. The van der Waals surface area contributed by atoms with E-state index in [9.17, 15) is 28.1 Å². The molecule has 1 aliphatic carbocycles. The van der Waals surface area contributed by atoms with Crippen LogP contribution in [-0.2, 0) is 15.1 Å². The van der Waals surface area contributed by atoms with Crippen molar-refractivity contribution in [1.82, 2.24) is 0 Å². The Morgan fingerprint density at radius 2 is 1.85 bits per heavy atom. The molecular weight excluding hydrogens is 554 g/mol. The number of methoxy groups -OCH3 is 1. The molecule has 0 radical (unpaired) electrons. The highest BCUT2D eigenvalue weighted by molar-refractivity contribution is 14.1. The number of ether oxygens (including phenoxy) is 2. The van der Waals surface area contributed by atoms with E-state index in [4.69, 9.17) is 4.74 Å². The normalized spacial score (nSPS) is 20.8. The molecule has 33 heavy (non-hydrogen) atoms. The third-order valence-corrected chi connectivity index (χ3v) is 7.53. The fourth-order valence-corrected chi connectivity index (χ4v) is 4.97. The summed E-state index contributed by atoms with van der Waals surface area (Å²) >= 11 is 2.13. The van der Waals surface area contributed by atoms with Crippen molar-refractivity contribution in [2.24, 2.45) is 5.92 Å². The lowest BCUT2D eigenvalue weighted by atomic mass is 9.86. The summed E-state index contributed by atoms with van der Waals surface area (Å²) in [5.74, 6) is -1.18. The summed E-state index contributed by atoms with van der Waals surface area (Å²) in [5, 5.41) is 13.5. The quantitative estimate of drug-likeness (QED) is 0.165. The molecule has 0 saturated heterocycles. The van der Waals surface area contributed by atoms with Crippen LogP contribution in [0.15, 0.2) is 30.3 Å². The van der Waals surface area contributed by atoms with E-state index in [1.165, 1.54) is 14.0 Å². The van der Waals surface area contributed by atoms with Crippen molar-refractivity contribution in [2.45, 2.75) is 63.3 Å². The minimum atomic E-state index is -4.16. The number of benzene rings is 2. The molecule has 0 N–H and O–H groups in total. The van der Waals surface area contributed by atoms with Gasteiger partial charge in [0.2, 0.25) is 5.54 Å². The molecule has 6 nitrogen and oxygen atoms in total. The van der Waals surface area contributed by atoms with Gasteiger partial charge in [-0.2, -0.15) is 13.2 Å². The van der Waals surface area contributed by atoms with E-state index in [2.05, 4.69) is 27.3 Å². The topological polar surface area (TPSA) is 78.7 Å². The van der Waals surface area contributed by atoms with Crippen LogP contribution in [0.25, 0.3) is 10.8 Å². The fraction of sp³-hybridized carbons (Fsp3) is 0.522. The van der Waals surface area contributed by atoms with Crippen molar-refractivity contribution in [3.8, 4) is 5.75 Å². The predicted octanol–water partition coefficient (Wildman–Crippen LogP) is 6.39. The number of esters is 1. The molecule has 0 spiro atoms. The molecule has 0 amide bonds. The van der Waals surface area contributed by atoms with Gasteiger partial charge in [0.05, 0.1) is 29.1 Å². The van der Waals surface area contributed by atoms with E-state index in [0.29, 0.717) is 24.2 Å². The van der Waals surface area contributed by atoms with Crippen molar-refractivity contribution in [3.05, 3.63) is 49.6 Å². The molecule has 1 atom stereocenters. The first kappa shape index (κ1) is 25.5. The van der Waals surface area contributed by atoms with E-state index in [0.717, 1.165) is 14.3 Å². The Morgan fingerprint density at radius 3 is 2.42 bits per heavy atom. The van der Waals surface area contributed by atoms with Gasteiger partial charge >= 0.3 is 12.1 Å². The van der Waals surface area contributed by atoms with Gasteiger partial charge < -0.3 is 9.47 Å². The number of hydrogen-bond donors (Lipinski definition) is 0. The number of fused-ring (bicyclic) bond motifs is 1. The molecule has 2 aromatic carbocycles. The maximum Gasteiger partial charge on any atom is 0.391 e. The Morgan fingerprint density at radius 1 is 1.18 bits per heavy atom. The monoisotopic (exact) mass is 579 g/mol. The van der Waals surface area contributed by atoms with Crippen LogP contribution in [0.4, 0.5) is 13.2 Å². The largest absolute Gasteiger partial charge is 0.489 e. The molecule has 1 aliphatic rings. The van der Waals surface area contributed by atoms with Crippen LogP contribution in [0.1, 0.15) is 51.0 Å². The average Bonchev–Trinajstić information content (AvgIpc) is 2.78. The van der Waals surface area contributed by atoms with Gasteiger partial charge in [0.1, 0.15) is 5.75 Å². The van der Waals surface area contributed by atoms with E-state index >= 15 is 0 Å². The van der Waals surface area contributed by atoms with Gasteiger partial charge in [-0.3, -0.25) is 14.9 Å². The van der Waals surface area contributed by atoms with E-state index < -0.39 is 28.5 Å². The SMILES string of the molecule is COC(=O)CCC(C)(c1ccc2c(I)c(OC3CCC(C(F)(F)F)CC3)ccc2c1)[N+](=O)[O-]. The van der Waals surface area contributed by atoms with Gasteiger partial charge in [0, 0.05) is 23.8 Å². The summed E-state index contributed by atoms with van der Waals surface area (Å²) in [6, 6.07) is 8.72. The van der Waals surface area contributed by atoms with Crippen molar-refractivity contribution in [1.29, 1.82) is 0 Å². The Bertz CT molecular complexity index is 1040. The number of halogens is 4. The van der Waals surface area contributed by atoms with Gasteiger partial charge in [0.15, 0.2) is 0 Å². The first-order valence-corrected chi connectivity index (χ1v) is 11.7. The fourth-order valence-electron chi connectivity index (χ4n) is 4.17. The summed E-state index contributed by atoms with van der Waals surface area (Å²) in [5.41, 5.74) is -0.987. The Labute approximate surface area is 203 Å². The number of rotatable bonds is 7. The number of nitro groups is 1. The molecule has 2 aromatic rings. The van der Waals surface area contributed by atoms with Crippen LogP contribution >= 0.6 is 22.6 Å². The number of carbonyl (C=O) groups excluding carboxylic acids is 1. The third-order valence-electron chi connectivity index (χ3n) is 6.42. The molecule has 1 fully saturated rings. The minimum absolute atomic E-state index is 0.00291. The van der Waals surface area contributed by atoms with Crippen molar-refractivity contribution in [3.63, 3.8) is 0 Å². The highest BCUT2D eigenvalue weighted by atomic mass is 127. The van der Waals surface area contributed by atoms with Crippen LogP contribution in [0.2, 0.25) is 0 Å². The summed E-state index contributed by atoms with van der Waals surface area (Å²) in [4.78, 5) is 23.0. The first-order chi connectivity index (χ1) is 15.5. The van der Waals surface area contributed by atoms with Crippen molar-refractivity contribution < 1.29 is 32.4 Å².